The van der Waals surface area contributed by atoms with Crippen LogP contribution in [0.25, 0.3) is 0 Å². The topological polar surface area (TPSA) is 17.1 Å². The van der Waals surface area contributed by atoms with Crippen molar-refractivity contribution in [3.63, 3.8) is 0 Å². The Kier molecular flexibility index (Phi) is 3.23. The second-order valence-electron chi connectivity index (χ2n) is 4.53. The summed E-state index contributed by atoms with van der Waals surface area (Å²) in [5.74, 6) is 0.465. The Morgan fingerprint density at radius 1 is 1.31 bits per heavy atom. The van der Waals surface area contributed by atoms with Gasteiger partial charge in [-0.15, -0.1) is 0 Å². The third-order valence-corrected chi connectivity index (χ3v) is 3.20. The van der Waals surface area contributed by atoms with E-state index in [1.165, 1.54) is 11.1 Å². The molecule has 1 atom stereocenters. The van der Waals surface area contributed by atoms with Crippen molar-refractivity contribution in [2.24, 2.45) is 5.92 Å². The average Bonchev–Trinajstić information content (AvgIpc) is 3.12. The van der Waals surface area contributed by atoms with Crippen LogP contribution in [0.5, 0.6) is 0 Å². The fourth-order valence-electron chi connectivity index (χ4n) is 2.09. The molecule has 0 saturated heterocycles. The van der Waals surface area contributed by atoms with E-state index >= 15 is 0 Å². The smallest absolute Gasteiger partial charge is 0.161 e. The second kappa shape index (κ2) is 4.65. The van der Waals surface area contributed by atoms with Crippen molar-refractivity contribution in [1.82, 2.24) is 0 Å². The van der Waals surface area contributed by atoms with Crippen molar-refractivity contribution in [2.45, 2.75) is 33.1 Å². The van der Waals surface area contributed by atoms with Gasteiger partial charge in [0.25, 0.3) is 0 Å². The summed E-state index contributed by atoms with van der Waals surface area (Å²) < 4.78 is 0. The first kappa shape index (κ1) is 11.1. The van der Waals surface area contributed by atoms with E-state index in [0.29, 0.717) is 5.78 Å². The molecule has 0 fully saturated rings. The van der Waals surface area contributed by atoms with Gasteiger partial charge in [0.2, 0.25) is 0 Å². The van der Waals surface area contributed by atoms with Crippen LogP contribution in [0.2, 0.25) is 0 Å². The Balaban J connectivity index is 2.07. The third kappa shape index (κ3) is 2.41. The van der Waals surface area contributed by atoms with Gasteiger partial charge in [-0.05, 0) is 36.0 Å². The number of hydrogen-bond donors (Lipinski definition) is 0. The molecule has 1 aromatic carbocycles. The van der Waals surface area contributed by atoms with Crippen LogP contribution in [-0.2, 0) is 17.6 Å². The van der Waals surface area contributed by atoms with Gasteiger partial charge in [-0.25, -0.2) is 0 Å². The maximum absolute atomic E-state index is 11.8. The summed E-state index contributed by atoms with van der Waals surface area (Å²) in [7, 11) is 0. The van der Waals surface area contributed by atoms with Crippen molar-refractivity contribution < 1.29 is 4.79 Å². The molecule has 0 unspecified atom stereocenters. The first-order chi connectivity index (χ1) is 7.72. The van der Waals surface area contributed by atoms with Crippen LogP contribution in [0.15, 0.2) is 35.9 Å². The highest BCUT2D eigenvalue weighted by molar-refractivity contribution is 6.00. The number of rotatable bonds is 5. The normalized spacial score (nSPS) is 15.5. The molecule has 2 rings (SSSR count). The van der Waals surface area contributed by atoms with Gasteiger partial charge in [0.05, 0.1) is 0 Å². The summed E-state index contributed by atoms with van der Waals surface area (Å²) in [6, 6.07) is 8.42. The number of ketones is 1. The maximum atomic E-state index is 11.8. The Labute approximate surface area is 97.2 Å². The van der Waals surface area contributed by atoms with Gasteiger partial charge in [0, 0.05) is 5.92 Å². The molecule has 1 aliphatic rings. The number of Topliss-reactive ketones (excluding diaryl/α,β-unsaturated/α-hetero) is 1. The van der Waals surface area contributed by atoms with Crippen molar-refractivity contribution in [1.29, 1.82) is 0 Å². The summed E-state index contributed by atoms with van der Waals surface area (Å²) >= 11 is 0. The van der Waals surface area contributed by atoms with E-state index < -0.39 is 0 Å². The predicted octanol–water partition coefficient (Wildman–Crippen LogP) is 3.33. The van der Waals surface area contributed by atoms with E-state index in [-0.39, 0.29) is 5.92 Å². The predicted molar refractivity (Wildman–Crippen MR) is 66.4 cm³/mol. The Morgan fingerprint density at radius 3 is 2.50 bits per heavy atom. The monoisotopic (exact) mass is 214 g/mol. The molecule has 0 aliphatic heterocycles. The number of hydrogen-bond acceptors (Lipinski definition) is 1. The van der Waals surface area contributed by atoms with E-state index in [9.17, 15) is 4.79 Å². The minimum absolute atomic E-state index is 0.126. The number of aryl methyl sites for hydroxylation is 1. The number of benzene rings is 1. The van der Waals surface area contributed by atoms with Crippen LogP contribution in [0, 0.1) is 5.92 Å². The molecule has 0 N–H and O–H groups in total. The molecule has 0 heterocycles. The van der Waals surface area contributed by atoms with E-state index in [0.717, 1.165) is 24.8 Å². The fraction of sp³-hybridized carbons (Fsp3) is 0.400. The lowest BCUT2D eigenvalue weighted by atomic mass is 9.92. The maximum Gasteiger partial charge on any atom is 0.161 e. The van der Waals surface area contributed by atoms with Crippen LogP contribution in [0.1, 0.15) is 31.4 Å². The van der Waals surface area contributed by atoms with Crippen LogP contribution in [0.3, 0.4) is 0 Å². The summed E-state index contributed by atoms with van der Waals surface area (Å²) in [5.41, 5.74) is 3.72. The molecule has 0 spiro atoms. The molecule has 0 radical (unpaired) electrons. The van der Waals surface area contributed by atoms with Gasteiger partial charge >= 0.3 is 0 Å². The van der Waals surface area contributed by atoms with E-state index in [2.05, 4.69) is 31.2 Å². The first-order valence-corrected chi connectivity index (χ1v) is 6.02. The Bertz CT molecular complexity index is 429. The van der Waals surface area contributed by atoms with Crippen LogP contribution < -0.4 is 0 Å². The van der Waals surface area contributed by atoms with Crippen molar-refractivity contribution in [3.8, 4) is 0 Å². The molecule has 84 valence electrons. The van der Waals surface area contributed by atoms with Crippen LogP contribution in [0.4, 0.5) is 0 Å². The van der Waals surface area contributed by atoms with Crippen LogP contribution >= 0.6 is 0 Å². The van der Waals surface area contributed by atoms with Crippen LogP contribution in [-0.4, -0.2) is 5.78 Å². The van der Waals surface area contributed by atoms with Crippen molar-refractivity contribution in [3.05, 3.63) is 47.0 Å². The molecular formula is C15H18O. The lowest BCUT2D eigenvalue weighted by Gasteiger charge is -2.12. The molecule has 0 aromatic heterocycles. The third-order valence-electron chi connectivity index (χ3n) is 3.20. The lowest BCUT2D eigenvalue weighted by Crippen LogP contribution is -2.13. The molecule has 0 saturated carbocycles. The lowest BCUT2D eigenvalue weighted by molar-refractivity contribution is -0.118. The first-order valence-electron chi connectivity index (χ1n) is 6.02. The highest BCUT2D eigenvalue weighted by atomic mass is 16.1. The number of allylic oxidation sites excluding steroid dienone is 2. The second-order valence-corrected chi connectivity index (χ2v) is 4.53. The summed E-state index contributed by atoms with van der Waals surface area (Å²) in [5, 5.41) is 0. The molecule has 0 bridgehead atoms. The molecule has 1 aromatic rings. The quantitative estimate of drug-likeness (QED) is 0.734. The van der Waals surface area contributed by atoms with E-state index in [1.807, 2.05) is 13.0 Å². The van der Waals surface area contributed by atoms with Gasteiger partial charge in [0.15, 0.2) is 5.78 Å². The zero-order valence-electron chi connectivity index (χ0n) is 9.99. The Hall–Kier alpha value is -1.37. The Morgan fingerprint density at radius 2 is 1.94 bits per heavy atom. The number of carbonyl (C=O) groups is 1. The van der Waals surface area contributed by atoms with Gasteiger partial charge in [-0.2, -0.15) is 0 Å². The highest BCUT2D eigenvalue weighted by Gasteiger charge is 2.23. The van der Waals surface area contributed by atoms with Gasteiger partial charge < -0.3 is 0 Å². The number of carbonyl (C=O) groups excluding carboxylic acids is 1. The molecule has 1 aliphatic carbocycles. The van der Waals surface area contributed by atoms with E-state index in [1.54, 1.807) is 0 Å². The zero-order chi connectivity index (χ0) is 11.5. The molecule has 1 heteroatoms. The van der Waals surface area contributed by atoms with Gasteiger partial charge in [-0.1, -0.05) is 44.2 Å². The SMILES string of the molecule is CCc1ccccc1C[C@@H](C)C(=O)C1=CC1. The van der Waals surface area contributed by atoms with Gasteiger partial charge in [0.1, 0.15) is 0 Å². The standard InChI is InChI=1S/C15H18O/c1-3-12-6-4-5-7-14(12)10-11(2)15(16)13-8-9-13/h4-8,11H,3,9-10H2,1-2H3/t11-/m1/s1. The summed E-state index contributed by atoms with van der Waals surface area (Å²) in [6.07, 6.45) is 4.85. The highest BCUT2D eigenvalue weighted by Crippen LogP contribution is 2.25. The largest absolute Gasteiger partial charge is 0.294 e. The molecule has 16 heavy (non-hydrogen) atoms. The zero-order valence-corrected chi connectivity index (χ0v) is 9.99. The molecule has 1 nitrogen and oxygen atoms in total. The minimum atomic E-state index is 0.126. The minimum Gasteiger partial charge on any atom is -0.294 e. The molecule has 0 amide bonds. The molecular weight excluding hydrogens is 196 g/mol. The average molecular weight is 214 g/mol. The van der Waals surface area contributed by atoms with Crippen molar-refractivity contribution >= 4 is 5.78 Å². The van der Waals surface area contributed by atoms with Gasteiger partial charge in [-0.3, -0.25) is 4.79 Å². The summed E-state index contributed by atoms with van der Waals surface area (Å²) in [4.78, 5) is 11.8. The fourth-order valence-corrected chi connectivity index (χ4v) is 2.09. The summed E-state index contributed by atoms with van der Waals surface area (Å²) in [6.45, 7) is 4.20. The van der Waals surface area contributed by atoms with Crippen molar-refractivity contribution in [2.75, 3.05) is 0 Å². The van der Waals surface area contributed by atoms with E-state index in [4.69, 9.17) is 0 Å².